The first kappa shape index (κ1) is 13.0. The first-order valence-corrected chi connectivity index (χ1v) is 6.59. The highest BCUT2D eigenvalue weighted by Gasteiger charge is 2.28. The Hall–Kier alpha value is -0.0800. The zero-order valence-electron chi connectivity index (χ0n) is 10.7. The molecule has 90 valence electrons. The van der Waals surface area contributed by atoms with E-state index < -0.39 is 0 Å². The summed E-state index contributed by atoms with van der Waals surface area (Å²) in [5.74, 6) is 0.805. The van der Waals surface area contributed by atoms with Crippen LogP contribution in [-0.2, 0) is 0 Å². The fraction of sp³-hybridized carbons (Fsp3) is 1.00. The molecule has 0 aromatic carbocycles. The monoisotopic (exact) mass is 212 g/mol. The van der Waals surface area contributed by atoms with Crippen LogP contribution >= 0.6 is 0 Å². The standard InChI is InChI=1S/C13H28N2/c1-11(2)10-15(13-7-8-13)9-5-4-6-12(3)14/h11-13H,4-10,14H2,1-3H3. The Morgan fingerprint density at radius 2 is 1.87 bits per heavy atom. The van der Waals surface area contributed by atoms with E-state index in [2.05, 4.69) is 25.7 Å². The number of nitrogens with zero attached hydrogens (tertiary/aromatic N) is 1. The zero-order chi connectivity index (χ0) is 11.3. The average Bonchev–Trinajstić information content (AvgIpc) is 2.92. The van der Waals surface area contributed by atoms with Crippen LogP contribution in [0.4, 0.5) is 0 Å². The quantitative estimate of drug-likeness (QED) is 0.627. The van der Waals surface area contributed by atoms with Crippen LogP contribution in [0.3, 0.4) is 0 Å². The average molecular weight is 212 g/mol. The van der Waals surface area contributed by atoms with E-state index in [0.717, 1.165) is 12.0 Å². The lowest BCUT2D eigenvalue weighted by Crippen LogP contribution is -2.31. The van der Waals surface area contributed by atoms with Crippen LogP contribution < -0.4 is 5.73 Å². The van der Waals surface area contributed by atoms with Gasteiger partial charge in [0.1, 0.15) is 0 Å². The van der Waals surface area contributed by atoms with Gasteiger partial charge in [-0.25, -0.2) is 0 Å². The second-order valence-electron chi connectivity index (χ2n) is 5.59. The first-order chi connectivity index (χ1) is 7.09. The van der Waals surface area contributed by atoms with Crippen molar-refractivity contribution in [2.24, 2.45) is 11.7 Å². The topological polar surface area (TPSA) is 29.3 Å². The minimum Gasteiger partial charge on any atom is -0.328 e. The molecule has 0 bridgehead atoms. The Morgan fingerprint density at radius 3 is 2.33 bits per heavy atom. The Morgan fingerprint density at radius 1 is 1.20 bits per heavy atom. The Kier molecular flexibility index (Phi) is 5.62. The molecule has 1 unspecified atom stereocenters. The van der Waals surface area contributed by atoms with Crippen molar-refractivity contribution in [3.05, 3.63) is 0 Å². The van der Waals surface area contributed by atoms with E-state index in [0.29, 0.717) is 6.04 Å². The predicted molar refractivity (Wildman–Crippen MR) is 66.9 cm³/mol. The summed E-state index contributed by atoms with van der Waals surface area (Å²) in [6, 6.07) is 1.30. The molecule has 2 heteroatoms. The zero-order valence-corrected chi connectivity index (χ0v) is 10.7. The van der Waals surface area contributed by atoms with Crippen molar-refractivity contribution < 1.29 is 0 Å². The summed E-state index contributed by atoms with van der Waals surface area (Å²) in [5.41, 5.74) is 5.75. The molecular weight excluding hydrogens is 184 g/mol. The molecule has 0 aliphatic heterocycles. The Bertz CT molecular complexity index is 162. The van der Waals surface area contributed by atoms with Gasteiger partial charge in [-0.3, -0.25) is 0 Å². The van der Waals surface area contributed by atoms with Gasteiger partial charge >= 0.3 is 0 Å². The number of nitrogens with two attached hydrogens (primary N) is 1. The van der Waals surface area contributed by atoms with Crippen molar-refractivity contribution in [2.45, 2.75) is 65.0 Å². The van der Waals surface area contributed by atoms with E-state index in [1.807, 2.05) is 0 Å². The molecule has 0 aromatic heterocycles. The minimum absolute atomic E-state index is 0.379. The molecule has 0 saturated heterocycles. The van der Waals surface area contributed by atoms with E-state index >= 15 is 0 Å². The summed E-state index contributed by atoms with van der Waals surface area (Å²) in [6.45, 7) is 9.31. The lowest BCUT2D eigenvalue weighted by Gasteiger charge is -2.24. The van der Waals surface area contributed by atoms with Gasteiger partial charge in [-0.15, -0.1) is 0 Å². The number of rotatable bonds is 8. The van der Waals surface area contributed by atoms with Crippen LogP contribution in [0.2, 0.25) is 0 Å². The molecule has 1 aliphatic rings. The van der Waals surface area contributed by atoms with Gasteiger partial charge in [0.25, 0.3) is 0 Å². The van der Waals surface area contributed by atoms with Gasteiger partial charge in [0.05, 0.1) is 0 Å². The molecule has 1 fully saturated rings. The molecular formula is C13H28N2. The predicted octanol–water partition coefficient (Wildman–Crippen LogP) is 2.62. The second kappa shape index (κ2) is 6.49. The van der Waals surface area contributed by atoms with E-state index in [-0.39, 0.29) is 0 Å². The van der Waals surface area contributed by atoms with Crippen LogP contribution in [-0.4, -0.2) is 30.1 Å². The van der Waals surface area contributed by atoms with Gasteiger partial charge in [0.2, 0.25) is 0 Å². The van der Waals surface area contributed by atoms with E-state index in [4.69, 9.17) is 5.73 Å². The largest absolute Gasteiger partial charge is 0.328 e. The number of hydrogen-bond acceptors (Lipinski definition) is 2. The molecule has 0 radical (unpaired) electrons. The van der Waals surface area contributed by atoms with Crippen LogP contribution in [0.15, 0.2) is 0 Å². The third kappa shape index (κ3) is 6.16. The molecule has 2 N–H and O–H groups in total. The van der Waals surface area contributed by atoms with Crippen molar-refractivity contribution in [1.82, 2.24) is 4.90 Å². The fourth-order valence-electron chi connectivity index (χ4n) is 2.11. The molecule has 0 spiro atoms. The normalized spacial score (nSPS) is 18.8. The van der Waals surface area contributed by atoms with Crippen molar-refractivity contribution in [2.75, 3.05) is 13.1 Å². The minimum atomic E-state index is 0.379. The number of hydrogen-bond donors (Lipinski definition) is 1. The lowest BCUT2D eigenvalue weighted by molar-refractivity contribution is 0.229. The van der Waals surface area contributed by atoms with Crippen molar-refractivity contribution in [3.8, 4) is 0 Å². The van der Waals surface area contributed by atoms with Crippen LogP contribution in [0, 0.1) is 5.92 Å². The molecule has 0 amide bonds. The summed E-state index contributed by atoms with van der Waals surface area (Å²) in [5, 5.41) is 0. The summed E-state index contributed by atoms with van der Waals surface area (Å²) >= 11 is 0. The smallest absolute Gasteiger partial charge is 0.00965 e. The molecule has 15 heavy (non-hydrogen) atoms. The number of unbranched alkanes of at least 4 members (excludes halogenated alkanes) is 1. The van der Waals surface area contributed by atoms with Gasteiger partial charge in [0.15, 0.2) is 0 Å². The molecule has 1 atom stereocenters. The molecule has 1 rings (SSSR count). The first-order valence-electron chi connectivity index (χ1n) is 6.59. The molecule has 0 aromatic rings. The summed E-state index contributed by atoms with van der Waals surface area (Å²) in [4.78, 5) is 2.69. The van der Waals surface area contributed by atoms with E-state index in [1.54, 1.807) is 0 Å². The molecule has 1 saturated carbocycles. The van der Waals surface area contributed by atoms with Gasteiger partial charge in [-0.2, -0.15) is 0 Å². The highest BCUT2D eigenvalue weighted by atomic mass is 15.2. The van der Waals surface area contributed by atoms with Gasteiger partial charge in [-0.1, -0.05) is 20.3 Å². The van der Waals surface area contributed by atoms with Crippen LogP contribution in [0.25, 0.3) is 0 Å². The van der Waals surface area contributed by atoms with Gasteiger partial charge in [0, 0.05) is 18.6 Å². The summed E-state index contributed by atoms with van der Waals surface area (Å²) in [6.07, 6.45) is 6.66. The molecule has 0 heterocycles. The fourth-order valence-corrected chi connectivity index (χ4v) is 2.11. The maximum Gasteiger partial charge on any atom is 0.00965 e. The van der Waals surface area contributed by atoms with Crippen molar-refractivity contribution in [3.63, 3.8) is 0 Å². The highest BCUT2D eigenvalue weighted by Crippen LogP contribution is 2.27. The third-order valence-electron chi connectivity index (χ3n) is 3.02. The Labute approximate surface area is 95.2 Å². The van der Waals surface area contributed by atoms with Gasteiger partial charge < -0.3 is 10.6 Å². The van der Waals surface area contributed by atoms with E-state index in [9.17, 15) is 0 Å². The summed E-state index contributed by atoms with van der Waals surface area (Å²) in [7, 11) is 0. The van der Waals surface area contributed by atoms with E-state index in [1.165, 1.54) is 45.2 Å². The Balaban J connectivity index is 2.09. The SMILES string of the molecule is CC(C)CN(CCCCC(C)N)C1CC1. The maximum absolute atomic E-state index is 5.75. The van der Waals surface area contributed by atoms with Crippen molar-refractivity contribution in [1.29, 1.82) is 0 Å². The molecule has 1 aliphatic carbocycles. The summed E-state index contributed by atoms with van der Waals surface area (Å²) < 4.78 is 0. The van der Waals surface area contributed by atoms with Crippen LogP contribution in [0.5, 0.6) is 0 Å². The lowest BCUT2D eigenvalue weighted by atomic mass is 10.1. The van der Waals surface area contributed by atoms with Gasteiger partial charge in [-0.05, 0) is 45.1 Å². The van der Waals surface area contributed by atoms with Crippen molar-refractivity contribution >= 4 is 0 Å². The molecule has 2 nitrogen and oxygen atoms in total. The highest BCUT2D eigenvalue weighted by molar-refractivity contribution is 4.84. The third-order valence-corrected chi connectivity index (χ3v) is 3.02. The van der Waals surface area contributed by atoms with Crippen LogP contribution in [0.1, 0.15) is 52.9 Å². The maximum atomic E-state index is 5.75. The second-order valence-corrected chi connectivity index (χ2v) is 5.59.